The van der Waals surface area contributed by atoms with Crippen molar-refractivity contribution in [3.63, 3.8) is 0 Å². The molecule has 20 heavy (non-hydrogen) atoms. The Kier molecular flexibility index (Phi) is 1.70. The van der Waals surface area contributed by atoms with E-state index in [0.717, 1.165) is 0 Å². The Morgan fingerprint density at radius 1 is 0.300 bits per heavy atom. The summed E-state index contributed by atoms with van der Waals surface area (Å²) in [6, 6.07) is 0. The van der Waals surface area contributed by atoms with Gasteiger partial charge in [0.25, 0.3) is 0 Å². The van der Waals surface area contributed by atoms with Gasteiger partial charge < -0.3 is 0 Å². The second kappa shape index (κ2) is 3.18. The Morgan fingerprint density at radius 3 is 0.900 bits per heavy atom. The van der Waals surface area contributed by atoms with E-state index >= 15 is 0 Å². The maximum absolute atomic E-state index is 1.65. The Morgan fingerprint density at radius 2 is 0.600 bits per heavy atom. The van der Waals surface area contributed by atoms with Gasteiger partial charge in [-0.1, -0.05) is 0 Å². The molecule has 0 aliphatic heterocycles. The molecule has 7 rings (SSSR count). The van der Waals surface area contributed by atoms with Crippen LogP contribution >= 0.6 is 0 Å². The van der Waals surface area contributed by atoms with E-state index < -0.39 is 0 Å². The smallest absolute Gasteiger partial charge is 0.0312 e. The zero-order valence-electron chi connectivity index (χ0n) is 12.6. The highest BCUT2D eigenvalue weighted by molar-refractivity contribution is 5.28. The molecule has 7 aliphatic carbocycles. The second-order valence-corrected chi connectivity index (χ2v) is 9.95. The first-order valence-corrected chi connectivity index (χ1v) is 9.93. The number of hydrogen-bond acceptors (Lipinski definition) is 0. The summed E-state index contributed by atoms with van der Waals surface area (Å²) in [5.74, 6) is 15.0. The van der Waals surface area contributed by atoms with Crippen molar-refractivity contribution in [2.24, 2.45) is 71.0 Å². The molecule has 7 saturated carbocycles. The van der Waals surface area contributed by atoms with Gasteiger partial charge in [-0.15, -0.1) is 0 Å². The molecule has 0 radical (unpaired) electrons. The van der Waals surface area contributed by atoms with Crippen LogP contribution < -0.4 is 0 Å². The predicted octanol–water partition coefficient (Wildman–Crippen LogP) is 4.60. The SMILES string of the molecule is C1CC2CCC3C(CCC12)C1C3C2C3C4CCC4C3C12. The molecule has 0 nitrogen and oxygen atoms in total. The van der Waals surface area contributed by atoms with Crippen molar-refractivity contribution >= 4 is 0 Å². The van der Waals surface area contributed by atoms with Crippen LogP contribution in [0.25, 0.3) is 0 Å². The van der Waals surface area contributed by atoms with Gasteiger partial charge in [0.1, 0.15) is 0 Å². The molecule has 0 N–H and O–H groups in total. The lowest BCUT2D eigenvalue weighted by molar-refractivity contribution is -0.395. The first-order valence-electron chi connectivity index (χ1n) is 9.93. The summed E-state index contributed by atoms with van der Waals surface area (Å²) in [5.41, 5.74) is 0. The topological polar surface area (TPSA) is 0 Å². The Labute approximate surface area is 123 Å². The molecule has 0 aromatic rings. The minimum Gasteiger partial charge on any atom is -0.0499 e. The first-order chi connectivity index (χ1) is 9.93. The van der Waals surface area contributed by atoms with E-state index in [-0.39, 0.29) is 0 Å². The lowest BCUT2D eigenvalue weighted by Crippen LogP contribution is -2.82. The van der Waals surface area contributed by atoms with Gasteiger partial charge in [-0.05, 0) is 122 Å². The van der Waals surface area contributed by atoms with Crippen LogP contribution in [-0.2, 0) is 0 Å². The monoisotopic (exact) mass is 268 g/mol. The van der Waals surface area contributed by atoms with Crippen molar-refractivity contribution in [2.45, 2.75) is 51.4 Å². The van der Waals surface area contributed by atoms with Gasteiger partial charge in [0.05, 0.1) is 0 Å². The van der Waals surface area contributed by atoms with Crippen LogP contribution in [0.3, 0.4) is 0 Å². The summed E-state index contributed by atoms with van der Waals surface area (Å²) in [6.07, 6.45) is 13.0. The molecule has 0 spiro atoms. The van der Waals surface area contributed by atoms with Crippen LogP contribution in [-0.4, -0.2) is 0 Å². The van der Waals surface area contributed by atoms with Crippen LogP contribution in [0.4, 0.5) is 0 Å². The molecule has 7 aliphatic rings. The van der Waals surface area contributed by atoms with E-state index in [2.05, 4.69) is 0 Å². The highest BCUT2D eigenvalue weighted by atomic mass is 14.9. The third-order valence-corrected chi connectivity index (χ3v) is 10.3. The number of hydrogen-bond donors (Lipinski definition) is 0. The summed E-state index contributed by atoms with van der Waals surface area (Å²) in [7, 11) is 0. The van der Waals surface area contributed by atoms with Crippen molar-refractivity contribution in [1.82, 2.24) is 0 Å². The Hall–Kier alpha value is 0. The van der Waals surface area contributed by atoms with Crippen LogP contribution in [0.1, 0.15) is 51.4 Å². The third kappa shape index (κ3) is 0.901. The fourth-order valence-electron chi connectivity index (χ4n) is 9.37. The Balaban J connectivity index is 1.15. The second-order valence-electron chi connectivity index (χ2n) is 9.95. The molecule has 12 unspecified atom stereocenters. The summed E-state index contributed by atoms with van der Waals surface area (Å²) < 4.78 is 0. The van der Waals surface area contributed by atoms with Crippen molar-refractivity contribution in [1.29, 1.82) is 0 Å². The minimum absolute atomic E-state index is 1.18. The summed E-state index contributed by atoms with van der Waals surface area (Å²) in [5, 5.41) is 0. The average Bonchev–Trinajstić information content (AvgIpc) is 2.37. The maximum atomic E-state index is 1.65. The lowest BCUT2D eigenvalue weighted by Gasteiger charge is -2.87. The van der Waals surface area contributed by atoms with E-state index in [1.54, 1.807) is 51.4 Å². The fraction of sp³-hybridized carbons (Fsp3) is 1.00. The first kappa shape index (κ1) is 10.7. The summed E-state index contributed by atoms with van der Waals surface area (Å²) >= 11 is 0. The molecule has 0 aromatic heterocycles. The number of fused-ring (bicyclic) bond motifs is 14. The largest absolute Gasteiger partial charge is 0.0499 e. The third-order valence-electron chi connectivity index (χ3n) is 10.3. The van der Waals surface area contributed by atoms with Crippen LogP contribution in [0.15, 0.2) is 0 Å². The highest BCUT2D eigenvalue weighted by Gasteiger charge is 2.81. The van der Waals surface area contributed by atoms with Gasteiger partial charge in [0, 0.05) is 0 Å². The molecule has 108 valence electrons. The van der Waals surface area contributed by atoms with Gasteiger partial charge in [-0.3, -0.25) is 0 Å². The zero-order chi connectivity index (χ0) is 12.6. The van der Waals surface area contributed by atoms with E-state index in [4.69, 9.17) is 0 Å². The molecular weight excluding hydrogens is 240 g/mol. The van der Waals surface area contributed by atoms with Crippen LogP contribution in [0.2, 0.25) is 0 Å². The van der Waals surface area contributed by atoms with Crippen LogP contribution in [0, 0.1) is 71.0 Å². The highest BCUT2D eigenvalue weighted by Crippen LogP contribution is 2.86. The predicted molar refractivity (Wildman–Crippen MR) is 78.8 cm³/mol. The number of rotatable bonds is 0. The fourth-order valence-corrected chi connectivity index (χ4v) is 9.37. The van der Waals surface area contributed by atoms with Crippen molar-refractivity contribution in [3.05, 3.63) is 0 Å². The minimum atomic E-state index is 1.18. The van der Waals surface area contributed by atoms with E-state index in [1.807, 2.05) is 0 Å². The average molecular weight is 268 g/mol. The molecule has 0 aromatic carbocycles. The Bertz CT molecular complexity index is 416. The van der Waals surface area contributed by atoms with Gasteiger partial charge in [0.2, 0.25) is 0 Å². The van der Waals surface area contributed by atoms with E-state index in [0.29, 0.717) is 0 Å². The van der Waals surface area contributed by atoms with Gasteiger partial charge >= 0.3 is 0 Å². The summed E-state index contributed by atoms with van der Waals surface area (Å²) in [4.78, 5) is 0. The molecule has 0 heteroatoms. The van der Waals surface area contributed by atoms with Crippen molar-refractivity contribution < 1.29 is 0 Å². The zero-order valence-corrected chi connectivity index (χ0v) is 12.6. The molecule has 12 atom stereocenters. The van der Waals surface area contributed by atoms with Gasteiger partial charge in [0.15, 0.2) is 0 Å². The van der Waals surface area contributed by atoms with Gasteiger partial charge in [-0.2, -0.15) is 0 Å². The molecule has 0 amide bonds. The van der Waals surface area contributed by atoms with Crippen LogP contribution in [0.5, 0.6) is 0 Å². The van der Waals surface area contributed by atoms with E-state index in [1.165, 1.54) is 71.0 Å². The lowest BCUT2D eigenvalue weighted by atomic mass is 9.18. The molecule has 0 heterocycles. The van der Waals surface area contributed by atoms with E-state index in [9.17, 15) is 0 Å². The maximum Gasteiger partial charge on any atom is -0.0312 e. The standard InChI is InChI=1S/C20H28/c1-2-10-4-6-12-11(5-3-9(1)10)15-16(12)20-18-14-8-7-13(14)17(18)19(15)20/h9-20H,1-8H2. The summed E-state index contributed by atoms with van der Waals surface area (Å²) in [6.45, 7) is 0. The molecule has 0 bridgehead atoms. The van der Waals surface area contributed by atoms with Crippen molar-refractivity contribution in [3.8, 4) is 0 Å². The molecular formula is C20H28. The molecule has 7 fully saturated rings. The molecule has 0 saturated heterocycles. The van der Waals surface area contributed by atoms with Gasteiger partial charge in [-0.25, -0.2) is 0 Å². The van der Waals surface area contributed by atoms with Crippen molar-refractivity contribution in [2.75, 3.05) is 0 Å². The normalized spacial score (nSPS) is 74.4. The quantitative estimate of drug-likeness (QED) is 0.563.